The van der Waals surface area contributed by atoms with Crippen LogP contribution in [-0.2, 0) is 6.54 Å². The molecule has 18 heavy (non-hydrogen) atoms. The molecule has 0 amide bonds. The van der Waals surface area contributed by atoms with E-state index in [1.54, 1.807) is 6.20 Å². The predicted molar refractivity (Wildman–Crippen MR) is 69.1 cm³/mol. The molecule has 5 heteroatoms. The average molecular weight is 248 g/mol. The van der Waals surface area contributed by atoms with Gasteiger partial charge < -0.3 is 10.4 Å². The van der Waals surface area contributed by atoms with Gasteiger partial charge in [-0.05, 0) is 18.8 Å². The van der Waals surface area contributed by atoms with E-state index in [9.17, 15) is 5.11 Å². The lowest BCUT2D eigenvalue weighted by Gasteiger charge is -2.17. The van der Waals surface area contributed by atoms with Crippen molar-refractivity contribution in [3.63, 3.8) is 0 Å². The maximum Gasteiger partial charge on any atom is 0.144 e. The van der Waals surface area contributed by atoms with E-state index < -0.39 is 0 Å². The Balaban J connectivity index is 1.60. The molecule has 0 bridgehead atoms. The van der Waals surface area contributed by atoms with Crippen LogP contribution in [0.15, 0.2) is 12.4 Å². The van der Waals surface area contributed by atoms with Crippen molar-refractivity contribution < 1.29 is 5.11 Å². The Hall–Kier alpha value is -1.20. The van der Waals surface area contributed by atoms with Gasteiger partial charge in [-0.1, -0.05) is 0 Å². The summed E-state index contributed by atoms with van der Waals surface area (Å²) in [5.74, 6) is 1.96. The largest absolute Gasteiger partial charge is 0.393 e. The Bertz CT molecular complexity index is 408. The van der Waals surface area contributed by atoms with Crippen LogP contribution in [0.25, 0.3) is 0 Å². The second kappa shape index (κ2) is 4.82. The number of anilines is 1. The van der Waals surface area contributed by atoms with E-state index in [1.807, 2.05) is 13.2 Å². The molecule has 1 aromatic heterocycles. The van der Waals surface area contributed by atoms with Gasteiger partial charge >= 0.3 is 0 Å². The number of nitrogens with one attached hydrogen (secondary N) is 1. The highest BCUT2D eigenvalue weighted by molar-refractivity contribution is 5.29. The predicted octanol–water partition coefficient (Wildman–Crippen LogP) is 0.721. The summed E-state index contributed by atoms with van der Waals surface area (Å²) < 4.78 is 0. The molecule has 0 aromatic carbocycles. The number of aromatic nitrogens is 2. The fourth-order valence-corrected chi connectivity index (χ4v) is 3.25. The number of nitrogens with zero attached hydrogens (tertiary/aromatic N) is 3. The maximum atomic E-state index is 9.89. The van der Waals surface area contributed by atoms with Crippen LogP contribution in [0.1, 0.15) is 18.5 Å². The van der Waals surface area contributed by atoms with Crippen LogP contribution < -0.4 is 5.32 Å². The zero-order chi connectivity index (χ0) is 12.5. The van der Waals surface area contributed by atoms with E-state index in [2.05, 4.69) is 20.2 Å². The van der Waals surface area contributed by atoms with Crippen molar-refractivity contribution in [3.8, 4) is 0 Å². The number of likely N-dealkylation sites (tertiary alicyclic amines) is 1. The van der Waals surface area contributed by atoms with Gasteiger partial charge in [-0.2, -0.15) is 0 Å². The molecule has 1 saturated heterocycles. The quantitative estimate of drug-likeness (QED) is 0.825. The van der Waals surface area contributed by atoms with E-state index in [4.69, 9.17) is 0 Å². The molecular weight excluding hydrogens is 228 g/mol. The Kier molecular flexibility index (Phi) is 3.18. The van der Waals surface area contributed by atoms with Crippen LogP contribution in [0.3, 0.4) is 0 Å². The molecule has 98 valence electrons. The molecule has 2 heterocycles. The minimum absolute atomic E-state index is 0.0854. The van der Waals surface area contributed by atoms with Gasteiger partial charge in [0.05, 0.1) is 24.2 Å². The van der Waals surface area contributed by atoms with Crippen molar-refractivity contribution in [2.45, 2.75) is 25.5 Å². The minimum atomic E-state index is -0.0854. The first kappa shape index (κ1) is 11.9. The summed E-state index contributed by atoms with van der Waals surface area (Å²) in [5.41, 5.74) is 1.00. The molecule has 1 saturated carbocycles. The third-order valence-corrected chi connectivity index (χ3v) is 4.24. The highest BCUT2D eigenvalue weighted by atomic mass is 16.3. The average Bonchev–Trinajstić information content (AvgIpc) is 2.93. The van der Waals surface area contributed by atoms with E-state index in [0.717, 1.165) is 37.6 Å². The zero-order valence-corrected chi connectivity index (χ0v) is 10.7. The lowest BCUT2D eigenvalue weighted by molar-refractivity contribution is 0.123. The van der Waals surface area contributed by atoms with Crippen molar-refractivity contribution in [2.75, 3.05) is 25.5 Å². The molecule has 2 N–H and O–H groups in total. The number of hydrogen-bond donors (Lipinski definition) is 2. The van der Waals surface area contributed by atoms with Gasteiger partial charge in [0, 0.05) is 32.6 Å². The number of hydrogen-bond acceptors (Lipinski definition) is 5. The van der Waals surface area contributed by atoms with Gasteiger partial charge in [-0.15, -0.1) is 0 Å². The second-order valence-electron chi connectivity index (χ2n) is 5.41. The second-order valence-corrected chi connectivity index (χ2v) is 5.41. The van der Waals surface area contributed by atoms with Gasteiger partial charge in [-0.25, -0.2) is 4.98 Å². The third-order valence-electron chi connectivity index (χ3n) is 4.24. The fraction of sp³-hybridized carbons (Fsp3) is 0.692. The molecule has 5 nitrogen and oxygen atoms in total. The Morgan fingerprint density at radius 2 is 2.22 bits per heavy atom. The molecule has 0 radical (unpaired) electrons. The molecule has 1 aliphatic carbocycles. The standard InChI is InChI=1S/C13H20N4O/c1-14-13-5-15-10(4-16-13)7-17-6-9-2-3-12(18)11(9)8-17/h4-5,9,11-12,18H,2-3,6-8H2,1H3,(H,14,16). The third kappa shape index (κ3) is 2.20. The highest BCUT2D eigenvalue weighted by Gasteiger charge is 2.41. The van der Waals surface area contributed by atoms with Gasteiger partial charge in [-0.3, -0.25) is 9.88 Å². The normalized spacial score (nSPS) is 31.6. The lowest BCUT2D eigenvalue weighted by Crippen LogP contribution is -2.24. The molecule has 2 aliphatic rings. The molecule has 1 aliphatic heterocycles. The van der Waals surface area contributed by atoms with Gasteiger partial charge in [0.2, 0.25) is 0 Å². The van der Waals surface area contributed by atoms with E-state index in [0.29, 0.717) is 11.8 Å². The van der Waals surface area contributed by atoms with Crippen LogP contribution in [0.5, 0.6) is 0 Å². The summed E-state index contributed by atoms with van der Waals surface area (Å²) in [6.07, 6.45) is 5.67. The summed E-state index contributed by atoms with van der Waals surface area (Å²) in [5, 5.41) is 12.9. The van der Waals surface area contributed by atoms with Crippen LogP contribution in [0, 0.1) is 11.8 Å². The fourth-order valence-electron chi connectivity index (χ4n) is 3.25. The number of rotatable bonds is 3. The van der Waals surface area contributed by atoms with E-state index >= 15 is 0 Å². The van der Waals surface area contributed by atoms with Gasteiger partial charge in [0.1, 0.15) is 5.82 Å². The SMILES string of the molecule is CNc1cnc(CN2CC3CCC(O)C3C2)cn1. The number of aliphatic hydroxyl groups is 1. The monoisotopic (exact) mass is 248 g/mol. The summed E-state index contributed by atoms with van der Waals surface area (Å²) in [4.78, 5) is 11.1. The summed E-state index contributed by atoms with van der Waals surface area (Å²) >= 11 is 0. The summed E-state index contributed by atoms with van der Waals surface area (Å²) in [6, 6.07) is 0. The molecule has 3 unspecified atom stereocenters. The van der Waals surface area contributed by atoms with Crippen molar-refractivity contribution in [3.05, 3.63) is 18.1 Å². The smallest absolute Gasteiger partial charge is 0.144 e. The maximum absolute atomic E-state index is 9.89. The van der Waals surface area contributed by atoms with Crippen LogP contribution in [0.2, 0.25) is 0 Å². The molecular formula is C13H20N4O. The Labute approximate surface area is 107 Å². The Morgan fingerprint density at radius 1 is 1.33 bits per heavy atom. The van der Waals surface area contributed by atoms with E-state index in [1.165, 1.54) is 6.42 Å². The van der Waals surface area contributed by atoms with Gasteiger partial charge in [0.25, 0.3) is 0 Å². The first-order chi connectivity index (χ1) is 8.76. The first-order valence-corrected chi connectivity index (χ1v) is 6.65. The van der Waals surface area contributed by atoms with Gasteiger partial charge in [0.15, 0.2) is 0 Å². The highest BCUT2D eigenvalue weighted by Crippen LogP contribution is 2.38. The topological polar surface area (TPSA) is 61.3 Å². The molecule has 2 fully saturated rings. The summed E-state index contributed by atoms with van der Waals surface area (Å²) in [6.45, 7) is 2.94. The number of aliphatic hydroxyl groups excluding tert-OH is 1. The van der Waals surface area contributed by atoms with Crippen LogP contribution >= 0.6 is 0 Å². The Morgan fingerprint density at radius 3 is 2.89 bits per heavy atom. The molecule has 3 rings (SSSR count). The van der Waals surface area contributed by atoms with Crippen LogP contribution in [-0.4, -0.2) is 46.2 Å². The molecule has 1 aromatic rings. The molecule has 0 spiro atoms. The minimum Gasteiger partial charge on any atom is -0.393 e. The van der Waals surface area contributed by atoms with Crippen molar-refractivity contribution in [1.82, 2.24) is 14.9 Å². The van der Waals surface area contributed by atoms with E-state index in [-0.39, 0.29) is 6.10 Å². The summed E-state index contributed by atoms with van der Waals surface area (Å²) in [7, 11) is 1.84. The molecule has 3 atom stereocenters. The number of fused-ring (bicyclic) bond motifs is 1. The van der Waals surface area contributed by atoms with Crippen LogP contribution in [0.4, 0.5) is 5.82 Å². The van der Waals surface area contributed by atoms with Crippen molar-refractivity contribution in [2.24, 2.45) is 11.8 Å². The lowest BCUT2D eigenvalue weighted by atomic mass is 10.00. The van der Waals surface area contributed by atoms with Crippen molar-refractivity contribution in [1.29, 1.82) is 0 Å². The zero-order valence-electron chi connectivity index (χ0n) is 10.7. The van der Waals surface area contributed by atoms with Crippen molar-refractivity contribution >= 4 is 5.82 Å². The first-order valence-electron chi connectivity index (χ1n) is 6.65.